The summed E-state index contributed by atoms with van der Waals surface area (Å²) >= 11 is 0. The van der Waals surface area contributed by atoms with Crippen LogP contribution in [-0.4, -0.2) is 40.6 Å². The molecular weight excluding hydrogens is 304 g/mol. The highest BCUT2D eigenvalue weighted by Gasteiger charge is 2.45. The normalized spacial score (nSPS) is 15.4. The van der Waals surface area contributed by atoms with Crippen LogP contribution in [0.1, 0.15) is 24.8 Å². The number of hydrogen-bond acceptors (Lipinski definition) is 3. The second-order valence-corrected chi connectivity index (χ2v) is 6.47. The van der Waals surface area contributed by atoms with Gasteiger partial charge in [-0.1, -0.05) is 36.8 Å². The summed E-state index contributed by atoms with van der Waals surface area (Å²) in [4.78, 5) is 26.1. The molecule has 6 nitrogen and oxygen atoms in total. The second kappa shape index (κ2) is 6.47. The number of likely N-dealkylation sites (N-methyl/N-ethyl adjacent to an activating group) is 1. The summed E-state index contributed by atoms with van der Waals surface area (Å²) in [6, 6.07) is 9.91. The first kappa shape index (κ1) is 16.2. The molecule has 0 saturated heterocycles. The molecule has 1 aliphatic carbocycles. The van der Waals surface area contributed by atoms with E-state index in [0.29, 0.717) is 5.69 Å². The summed E-state index contributed by atoms with van der Waals surface area (Å²) in [6.45, 7) is 0.159. The SMILES string of the molecule is CN(C)C(=O)Cn1cc(NC(=O)C2(c3ccccc3)CCC2)cn1. The lowest BCUT2D eigenvalue weighted by Gasteiger charge is -2.40. The third-order valence-corrected chi connectivity index (χ3v) is 4.66. The number of rotatable bonds is 5. The average Bonchev–Trinajstić information content (AvgIpc) is 2.94. The predicted octanol–water partition coefficient (Wildman–Crippen LogP) is 2.03. The summed E-state index contributed by atoms with van der Waals surface area (Å²) < 4.78 is 1.54. The maximum Gasteiger partial charge on any atom is 0.243 e. The third-order valence-electron chi connectivity index (χ3n) is 4.66. The fraction of sp³-hybridized carbons (Fsp3) is 0.389. The van der Waals surface area contributed by atoms with Crippen LogP contribution in [0.3, 0.4) is 0 Å². The Morgan fingerprint density at radius 1 is 1.25 bits per heavy atom. The summed E-state index contributed by atoms with van der Waals surface area (Å²) in [5.74, 6) is -0.0471. The van der Waals surface area contributed by atoms with Crippen LogP contribution in [0, 0.1) is 0 Å². The molecule has 126 valence electrons. The highest BCUT2D eigenvalue weighted by Crippen LogP contribution is 2.44. The molecule has 6 heteroatoms. The van der Waals surface area contributed by atoms with E-state index in [1.807, 2.05) is 30.3 Å². The van der Waals surface area contributed by atoms with Crippen LogP contribution in [0.25, 0.3) is 0 Å². The maximum atomic E-state index is 12.8. The molecule has 0 spiro atoms. The molecule has 0 unspecified atom stereocenters. The Bertz CT molecular complexity index is 732. The van der Waals surface area contributed by atoms with Crippen LogP contribution in [0.5, 0.6) is 0 Å². The van der Waals surface area contributed by atoms with Crippen LogP contribution in [0.2, 0.25) is 0 Å². The zero-order valence-corrected chi connectivity index (χ0v) is 14.0. The van der Waals surface area contributed by atoms with E-state index in [-0.39, 0.29) is 18.4 Å². The predicted molar refractivity (Wildman–Crippen MR) is 91.5 cm³/mol. The first-order valence-electron chi connectivity index (χ1n) is 8.11. The molecular formula is C18H22N4O2. The second-order valence-electron chi connectivity index (χ2n) is 6.47. The summed E-state index contributed by atoms with van der Waals surface area (Å²) in [7, 11) is 3.41. The van der Waals surface area contributed by atoms with Crippen molar-refractivity contribution in [2.45, 2.75) is 31.2 Å². The molecule has 24 heavy (non-hydrogen) atoms. The zero-order chi connectivity index (χ0) is 17.2. The minimum Gasteiger partial charge on any atom is -0.347 e. The van der Waals surface area contributed by atoms with E-state index in [9.17, 15) is 9.59 Å². The number of aromatic nitrogens is 2. The highest BCUT2D eigenvalue weighted by atomic mass is 16.2. The number of hydrogen-bond donors (Lipinski definition) is 1. The number of carbonyl (C=O) groups excluding carboxylic acids is 2. The van der Waals surface area contributed by atoms with E-state index >= 15 is 0 Å². The lowest BCUT2D eigenvalue weighted by Crippen LogP contribution is -2.45. The van der Waals surface area contributed by atoms with E-state index in [2.05, 4.69) is 10.4 Å². The maximum absolute atomic E-state index is 12.8. The lowest BCUT2D eigenvalue weighted by molar-refractivity contribution is -0.129. The molecule has 1 aromatic heterocycles. The van der Waals surface area contributed by atoms with Crippen LogP contribution in [0.4, 0.5) is 5.69 Å². The van der Waals surface area contributed by atoms with Crippen molar-refractivity contribution < 1.29 is 9.59 Å². The van der Waals surface area contributed by atoms with Gasteiger partial charge in [0, 0.05) is 20.3 Å². The molecule has 0 radical (unpaired) electrons. The lowest BCUT2D eigenvalue weighted by atomic mass is 9.64. The van der Waals surface area contributed by atoms with Crippen LogP contribution in [-0.2, 0) is 21.5 Å². The van der Waals surface area contributed by atoms with E-state index in [4.69, 9.17) is 0 Å². The van der Waals surface area contributed by atoms with Gasteiger partial charge in [0.05, 0.1) is 17.3 Å². The molecule has 1 heterocycles. The zero-order valence-electron chi connectivity index (χ0n) is 14.0. The van der Waals surface area contributed by atoms with Gasteiger partial charge in [-0.05, 0) is 18.4 Å². The Labute approximate surface area is 141 Å². The van der Waals surface area contributed by atoms with Gasteiger partial charge in [-0.3, -0.25) is 14.3 Å². The Balaban J connectivity index is 1.71. The van der Waals surface area contributed by atoms with E-state index in [1.54, 1.807) is 26.5 Å². The van der Waals surface area contributed by atoms with Crippen molar-refractivity contribution in [2.75, 3.05) is 19.4 Å². The number of nitrogens with one attached hydrogen (secondary N) is 1. The number of carbonyl (C=O) groups is 2. The van der Waals surface area contributed by atoms with Gasteiger partial charge in [0.25, 0.3) is 0 Å². The largest absolute Gasteiger partial charge is 0.347 e. The van der Waals surface area contributed by atoms with Crippen LogP contribution >= 0.6 is 0 Å². The molecule has 1 aliphatic rings. The third kappa shape index (κ3) is 3.04. The molecule has 1 saturated carbocycles. The number of anilines is 1. The van der Waals surface area contributed by atoms with E-state index < -0.39 is 5.41 Å². The van der Waals surface area contributed by atoms with Crippen molar-refractivity contribution >= 4 is 17.5 Å². The quantitative estimate of drug-likeness (QED) is 0.914. The van der Waals surface area contributed by atoms with Gasteiger partial charge in [0.2, 0.25) is 11.8 Å². The first-order valence-corrected chi connectivity index (χ1v) is 8.11. The molecule has 1 aromatic carbocycles. The van der Waals surface area contributed by atoms with Crippen molar-refractivity contribution in [1.82, 2.24) is 14.7 Å². The minimum absolute atomic E-state index is 0.00145. The van der Waals surface area contributed by atoms with Crippen molar-refractivity contribution in [3.8, 4) is 0 Å². The highest BCUT2D eigenvalue weighted by molar-refractivity contribution is 5.99. The Hall–Kier alpha value is -2.63. The van der Waals surface area contributed by atoms with Gasteiger partial charge in [-0.15, -0.1) is 0 Å². The van der Waals surface area contributed by atoms with E-state index in [1.165, 1.54) is 9.58 Å². The Morgan fingerprint density at radius 3 is 2.54 bits per heavy atom. The van der Waals surface area contributed by atoms with Gasteiger partial charge < -0.3 is 10.2 Å². The first-order chi connectivity index (χ1) is 11.5. The van der Waals surface area contributed by atoms with Crippen LogP contribution < -0.4 is 5.32 Å². The molecule has 3 rings (SSSR count). The van der Waals surface area contributed by atoms with Crippen molar-refractivity contribution in [2.24, 2.45) is 0 Å². The molecule has 1 N–H and O–H groups in total. The fourth-order valence-corrected chi connectivity index (χ4v) is 2.98. The van der Waals surface area contributed by atoms with Crippen molar-refractivity contribution in [3.63, 3.8) is 0 Å². The van der Waals surface area contributed by atoms with E-state index in [0.717, 1.165) is 24.8 Å². The monoisotopic (exact) mass is 326 g/mol. The summed E-state index contributed by atoms with van der Waals surface area (Å²) in [5, 5.41) is 7.10. The smallest absolute Gasteiger partial charge is 0.243 e. The molecule has 2 aromatic rings. The molecule has 0 atom stereocenters. The fourth-order valence-electron chi connectivity index (χ4n) is 2.98. The topological polar surface area (TPSA) is 67.2 Å². The number of nitrogens with zero attached hydrogens (tertiary/aromatic N) is 3. The van der Waals surface area contributed by atoms with Gasteiger partial charge >= 0.3 is 0 Å². The number of amides is 2. The van der Waals surface area contributed by atoms with Gasteiger partial charge in [0.15, 0.2) is 0 Å². The number of benzene rings is 1. The van der Waals surface area contributed by atoms with Crippen molar-refractivity contribution in [3.05, 3.63) is 48.3 Å². The summed E-state index contributed by atoms with van der Waals surface area (Å²) in [6.07, 6.45) is 6.04. The standard InChI is InChI=1S/C18H22N4O2/c1-21(2)16(23)13-22-12-15(11-19-22)20-17(24)18(9-6-10-18)14-7-4-3-5-8-14/h3-5,7-8,11-12H,6,9-10,13H2,1-2H3,(H,20,24). The van der Waals surface area contributed by atoms with Crippen molar-refractivity contribution in [1.29, 1.82) is 0 Å². The van der Waals surface area contributed by atoms with Gasteiger partial charge in [0.1, 0.15) is 6.54 Å². The van der Waals surface area contributed by atoms with Gasteiger partial charge in [-0.2, -0.15) is 5.10 Å². The van der Waals surface area contributed by atoms with Gasteiger partial charge in [-0.25, -0.2) is 0 Å². The minimum atomic E-state index is -0.442. The molecule has 1 fully saturated rings. The average molecular weight is 326 g/mol. The van der Waals surface area contributed by atoms with Crippen LogP contribution in [0.15, 0.2) is 42.7 Å². The molecule has 0 aliphatic heterocycles. The summed E-state index contributed by atoms with van der Waals surface area (Å²) in [5.41, 5.74) is 1.24. The molecule has 0 bridgehead atoms. The molecule has 2 amide bonds. The Morgan fingerprint density at radius 2 is 1.96 bits per heavy atom. The Kier molecular flexibility index (Phi) is 4.38.